The van der Waals surface area contributed by atoms with Crippen LogP contribution in [0.5, 0.6) is 0 Å². The Morgan fingerprint density at radius 1 is 1.64 bits per heavy atom. The van der Waals surface area contributed by atoms with Gasteiger partial charge in [0.2, 0.25) is 5.88 Å². The molecule has 2 N–H and O–H groups in total. The molecule has 0 amide bonds. The van der Waals surface area contributed by atoms with Crippen molar-refractivity contribution < 1.29 is 4.42 Å². The van der Waals surface area contributed by atoms with E-state index in [1.54, 1.807) is 6.21 Å². The number of hydrogen-bond acceptors (Lipinski definition) is 4. The number of rotatable bonds is 1. The van der Waals surface area contributed by atoms with E-state index in [0.717, 1.165) is 11.3 Å². The number of oxazole rings is 1. The average molecular weight is 188 g/mol. The van der Waals surface area contributed by atoms with Crippen LogP contribution in [-0.4, -0.2) is 11.2 Å². The van der Waals surface area contributed by atoms with Gasteiger partial charge in [-0.15, -0.1) is 0 Å². The summed E-state index contributed by atoms with van der Waals surface area (Å²) in [6.07, 6.45) is 2.46. The number of nitrogens with two attached hydrogens (primary N) is 1. The molecule has 14 heavy (non-hydrogen) atoms. The molecule has 0 atom stereocenters. The Balaban J connectivity index is 2.45. The molecule has 5 nitrogen and oxygen atoms in total. The van der Waals surface area contributed by atoms with Crippen molar-refractivity contribution in [2.75, 3.05) is 5.73 Å². The smallest absolute Gasteiger partial charge is 0.333 e. The topological polar surface area (TPSA) is 68.8 Å². The molecule has 1 aromatic heterocycles. The normalized spacial score (nSPS) is 14.9. The number of hydrogen-bond donors (Lipinski definition) is 1. The van der Waals surface area contributed by atoms with Crippen LogP contribution in [0.15, 0.2) is 15.1 Å². The van der Waals surface area contributed by atoms with Crippen molar-refractivity contribution in [3.05, 3.63) is 23.0 Å². The molecule has 0 saturated heterocycles. The lowest BCUT2D eigenvalue weighted by Gasteiger charge is -1.91. The highest BCUT2D eigenvalue weighted by atomic mass is 16.4. The Morgan fingerprint density at radius 2 is 2.43 bits per heavy atom. The summed E-state index contributed by atoms with van der Waals surface area (Å²) in [6, 6.07) is 0. The fourth-order valence-electron chi connectivity index (χ4n) is 1.27. The van der Waals surface area contributed by atoms with E-state index < -0.39 is 0 Å². The van der Waals surface area contributed by atoms with Crippen LogP contribution in [0.4, 0.5) is 11.7 Å². The van der Waals surface area contributed by atoms with Crippen molar-refractivity contribution in [1.29, 1.82) is 0 Å². The summed E-state index contributed by atoms with van der Waals surface area (Å²) in [7, 11) is 0. The molecule has 1 aliphatic rings. The Morgan fingerprint density at radius 3 is 2.93 bits per heavy atom. The SMILES string of the molecule is [C-]#[N+]c1nc(C2=C(C)N=CC2)oc1N. The molecule has 0 aromatic carbocycles. The van der Waals surface area contributed by atoms with Crippen LogP contribution in [0.25, 0.3) is 10.4 Å². The number of anilines is 1. The van der Waals surface area contributed by atoms with Gasteiger partial charge in [0.25, 0.3) is 0 Å². The van der Waals surface area contributed by atoms with Crippen LogP contribution in [0, 0.1) is 6.57 Å². The van der Waals surface area contributed by atoms with Gasteiger partial charge >= 0.3 is 11.7 Å². The first-order chi connectivity index (χ1) is 6.72. The maximum atomic E-state index is 6.79. The fourth-order valence-corrected chi connectivity index (χ4v) is 1.27. The van der Waals surface area contributed by atoms with E-state index in [1.165, 1.54) is 0 Å². The minimum atomic E-state index is 0.0715. The second-order valence-corrected chi connectivity index (χ2v) is 2.90. The first-order valence-electron chi connectivity index (χ1n) is 4.08. The minimum Gasteiger partial charge on any atom is -0.413 e. The monoisotopic (exact) mass is 188 g/mol. The summed E-state index contributed by atoms with van der Waals surface area (Å²) in [5.41, 5.74) is 7.22. The lowest BCUT2D eigenvalue weighted by Crippen LogP contribution is -1.83. The van der Waals surface area contributed by atoms with Gasteiger partial charge in [-0.05, 0) is 6.92 Å². The highest BCUT2D eigenvalue weighted by Gasteiger charge is 2.21. The molecule has 1 aromatic rings. The molecule has 5 heteroatoms. The zero-order valence-corrected chi connectivity index (χ0v) is 7.61. The molecule has 0 fully saturated rings. The Labute approximate surface area is 80.8 Å². The third-order valence-corrected chi connectivity index (χ3v) is 2.02. The lowest BCUT2D eigenvalue weighted by atomic mass is 10.2. The van der Waals surface area contributed by atoms with Crippen LogP contribution >= 0.6 is 0 Å². The maximum absolute atomic E-state index is 6.79. The zero-order valence-electron chi connectivity index (χ0n) is 7.61. The van der Waals surface area contributed by atoms with Crippen molar-refractivity contribution in [3.63, 3.8) is 0 Å². The summed E-state index contributed by atoms with van der Waals surface area (Å²) in [4.78, 5) is 11.2. The quantitative estimate of drug-likeness (QED) is 0.685. The van der Waals surface area contributed by atoms with Crippen molar-refractivity contribution in [3.8, 4) is 0 Å². The molecule has 1 aliphatic heterocycles. The molecular formula is C9H8N4O. The number of nitrogen functional groups attached to an aromatic ring is 1. The third-order valence-electron chi connectivity index (χ3n) is 2.02. The molecule has 0 spiro atoms. The predicted octanol–water partition coefficient (Wildman–Crippen LogP) is 2.01. The first kappa shape index (κ1) is 8.51. The van der Waals surface area contributed by atoms with E-state index in [0.29, 0.717) is 12.3 Å². The number of aliphatic imine (C=N–C) groups is 1. The zero-order chi connectivity index (χ0) is 10.1. The molecule has 2 rings (SSSR count). The molecule has 2 heterocycles. The van der Waals surface area contributed by atoms with Crippen molar-refractivity contribution in [2.45, 2.75) is 13.3 Å². The summed E-state index contributed by atoms with van der Waals surface area (Å²) in [5.74, 6) is 0.595. The Kier molecular flexibility index (Phi) is 1.82. The highest BCUT2D eigenvalue weighted by molar-refractivity contribution is 5.84. The summed E-state index contributed by atoms with van der Waals surface area (Å²) in [5, 5.41) is 0. The minimum absolute atomic E-state index is 0.0715. The summed E-state index contributed by atoms with van der Waals surface area (Å²) < 4.78 is 5.17. The van der Waals surface area contributed by atoms with Gasteiger partial charge in [-0.1, -0.05) is 11.6 Å². The molecule has 70 valence electrons. The van der Waals surface area contributed by atoms with Gasteiger partial charge in [0.15, 0.2) is 0 Å². The standard InChI is InChI=1S/C9H8N4O/c1-5-6(3-4-12-5)9-13-8(11-2)7(10)14-9/h4H,3,10H2,1H3. The largest absolute Gasteiger partial charge is 0.413 e. The molecule has 0 unspecified atom stereocenters. The average Bonchev–Trinajstić information content (AvgIpc) is 2.71. The summed E-state index contributed by atoms with van der Waals surface area (Å²) >= 11 is 0. The van der Waals surface area contributed by atoms with E-state index in [2.05, 4.69) is 14.8 Å². The van der Waals surface area contributed by atoms with Gasteiger partial charge in [0, 0.05) is 18.3 Å². The van der Waals surface area contributed by atoms with Gasteiger partial charge < -0.3 is 15.0 Å². The molecule has 0 aliphatic carbocycles. The van der Waals surface area contributed by atoms with Gasteiger partial charge in [0.05, 0.1) is 5.57 Å². The van der Waals surface area contributed by atoms with Crippen molar-refractivity contribution >= 4 is 23.5 Å². The third kappa shape index (κ3) is 1.17. The molecule has 0 saturated carbocycles. The Hall–Kier alpha value is -2.09. The van der Waals surface area contributed by atoms with Crippen LogP contribution < -0.4 is 5.73 Å². The molecule has 0 radical (unpaired) electrons. The second-order valence-electron chi connectivity index (χ2n) is 2.90. The van der Waals surface area contributed by atoms with Gasteiger partial charge in [0.1, 0.15) is 0 Å². The van der Waals surface area contributed by atoms with E-state index in [1.807, 2.05) is 6.92 Å². The van der Waals surface area contributed by atoms with Crippen LogP contribution in [-0.2, 0) is 0 Å². The Bertz CT molecular complexity index is 475. The number of nitrogens with zero attached hydrogens (tertiary/aromatic N) is 3. The van der Waals surface area contributed by atoms with Crippen molar-refractivity contribution in [1.82, 2.24) is 4.98 Å². The van der Waals surface area contributed by atoms with Gasteiger partial charge in [-0.3, -0.25) is 4.99 Å². The first-order valence-corrected chi connectivity index (χ1v) is 4.08. The van der Waals surface area contributed by atoms with E-state index in [-0.39, 0.29) is 11.7 Å². The second kappa shape index (κ2) is 3.00. The fraction of sp³-hybridized carbons (Fsp3) is 0.222. The van der Waals surface area contributed by atoms with Gasteiger partial charge in [-0.2, -0.15) is 0 Å². The van der Waals surface area contributed by atoms with E-state index in [4.69, 9.17) is 16.7 Å². The lowest BCUT2D eigenvalue weighted by molar-refractivity contribution is 0.559. The summed E-state index contributed by atoms with van der Waals surface area (Å²) in [6.45, 7) is 8.67. The van der Waals surface area contributed by atoms with Crippen LogP contribution in [0.3, 0.4) is 0 Å². The van der Waals surface area contributed by atoms with Crippen LogP contribution in [0.1, 0.15) is 19.2 Å². The molecular weight excluding hydrogens is 180 g/mol. The molecule has 0 bridgehead atoms. The van der Waals surface area contributed by atoms with Gasteiger partial charge in [-0.25, -0.2) is 0 Å². The number of aromatic nitrogens is 1. The number of allylic oxidation sites excluding steroid dienone is 2. The van der Waals surface area contributed by atoms with Crippen LogP contribution in [0.2, 0.25) is 0 Å². The highest BCUT2D eigenvalue weighted by Crippen LogP contribution is 2.31. The predicted molar refractivity (Wildman–Crippen MR) is 52.9 cm³/mol. The van der Waals surface area contributed by atoms with E-state index in [9.17, 15) is 0 Å². The van der Waals surface area contributed by atoms with Crippen molar-refractivity contribution in [2.24, 2.45) is 4.99 Å². The maximum Gasteiger partial charge on any atom is 0.333 e. The van der Waals surface area contributed by atoms with E-state index >= 15 is 0 Å².